The Kier molecular flexibility index (Phi) is 3.89. The molecule has 0 N–H and O–H groups in total. The molecule has 0 spiro atoms. The third-order valence-corrected chi connectivity index (χ3v) is 3.81. The van der Waals surface area contributed by atoms with E-state index in [1.807, 2.05) is 11.9 Å². The third-order valence-electron chi connectivity index (χ3n) is 3.81. The van der Waals surface area contributed by atoms with Gasteiger partial charge in [0.1, 0.15) is 5.82 Å². The van der Waals surface area contributed by atoms with Crippen molar-refractivity contribution in [2.75, 3.05) is 18.5 Å². The molecular weight excluding hydrogens is 287 g/mol. The maximum Gasteiger partial charge on any atom is 0.244 e. The molecule has 0 saturated carbocycles. The zero-order valence-electron chi connectivity index (χ0n) is 12.5. The average molecular weight is 304 g/mol. The number of likely N-dealkylation sites (N-methyl/N-ethyl adjacent to an activating group) is 1. The second kappa shape index (κ2) is 5.84. The SMILES string of the molecule is Cc1nnc(CN(C)C2CCN(c3ccccc3F)C2=O)o1. The highest BCUT2D eigenvalue weighted by Crippen LogP contribution is 2.26. The van der Waals surface area contributed by atoms with E-state index in [1.54, 1.807) is 25.1 Å². The number of rotatable bonds is 4. The van der Waals surface area contributed by atoms with Gasteiger partial charge in [-0.05, 0) is 25.6 Å². The van der Waals surface area contributed by atoms with Crippen LogP contribution in [-0.2, 0) is 11.3 Å². The summed E-state index contributed by atoms with van der Waals surface area (Å²) in [6.45, 7) is 2.61. The molecule has 1 saturated heterocycles. The van der Waals surface area contributed by atoms with E-state index in [0.717, 1.165) is 0 Å². The molecule has 6 nitrogen and oxygen atoms in total. The molecule has 1 unspecified atom stereocenters. The van der Waals surface area contributed by atoms with E-state index < -0.39 is 0 Å². The largest absolute Gasteiger partial charge is 0.424 e. The quantitative estimate of drug-likeness (QED) is 0.861. The minimum Gasteiger partial charge on any atom is -0.424 e. The van der Waals surface area contributed by atoms with E-state index in [0.29, 0.717) is 37.0 Å². The Labute approximate surface area is 127 Å². The van der Waals surface area contributed by atoms with Crippen LogP contribution in [0.2, 0.25) is 0 Å². The molecule has 1 fully saturated rings. The summed E-state index contributed by atoms with van der Waals surface area (Å²) >= 11 is 0. The number of aromatic nitrogens is 2. The van der Waals surface area contributed by atoms with Gasteiger partial charge in [0.05, 0.1) is 18.3 Å². The number of carbonyl (C=O) groups is 1. The Morgan fingerprint density at radius 2 is 2.18 bits per heavy atom. The zero-order valence-corrected chi connectivity index (χ0v) is 12.5. The van der Waals surface area contributed by atoms with Gasteiger partial charge in [0.25, 0.3) is 0 Å². The van der Waals surface area contributed by atoms with Gasteiger partial charge in [-0.1, -0.05) is 12.1 Å². The fourth-order valence-electron chi connectivity index (χ4n) is 2.71. The summed E-state index contributed by atoms with van der Waals surface area (Å²) in [6.07, 6.45) is 0.636. The number of hydrogen-bond donors (Lipinski definition) is 0. The van der Waals surface area contributed by atoms with Crippen LogP contribution < -0.4 is 4.90 Å². The van der Waals surface area contributed by atoms with Crippen LogP contribution in [0.25, 0.3) is 0 Å². The Balaban J connectivity index is 1.72. The highest BCUT2D eigenvalue weighted by molar-refractivity contribution is 5.99. The van der Waals surface area contributed by atoms with Gasteiger partial charge in [-0.3, -0.25) is 9.69 Å². The Morgan fingerprint density at radius 1 is 1.41 bits per heavy atom. The number of aryl methyl sites for hydroxylation is 1. The van der Waals surface area contributed by atoms with Gasteiger partial charge >= 0.3 is 0 Å². The summed E-state index contributed by atoms with van der Waals surface area (Å²) in [6, 6.07) is 6.01. The van der Waals surface area contributed by atoms with Crippen LogP contribution in [0.4, 0.5) is 10.1 Å². The number of halogens is 1. The fraction of sp³-hybridized carbons (Fsp3) is 0.400. The van der Waals surface area contributed by atoms with E-state index in [1.165, 1.54) is 11.0 Å². The van der Waals surface area contributed by atoms with Crippen molar-refractivity contribution in [3.8, 4) is 0 Å². The first-order valence-electron chi connectivity index (χ1n) is 7.11. The number of benzene rings is 1. The second-order valence-electron chi connectivity index (χ2n) is 5.38. The topological polar surface area (TPSA) is 62.5 Å². The first-order valence-corrected chi connectivity index (χ1v) is 7.11. The smallest absolute Gasteiger partial charge is 0.244 e. The summed E-state index contributed by atoms with van der Waals surface area (Å²) in [4.78, 5) is 15.9. The number of nitrogens with zero attached hydrogens (tertiary/aromatic N) is 4. The normalized spacial score (nSPS) is 18.5. The second-order valence-corrected chi connectivity index (χ2v) is 5.38. The lowest BCUT2D eigenvalue weighted by Crippen LogP contribution is -2.39. The van der Waals surface area contributed by atoms with Gasteiger partial charge < -0.3 is 9.32 Å². The number of anilines is 1. The van der Waals surface area contributed by atoms with Crippen molar-refractivity contribution in [2.45, 2.75) is 25.9 Å². The van der Waals surface area contributed by atoms with Gasteiger partial charge in [0, 0.05) is 13.5 Å². The number of amides is 1. The van der Waals surface area contributed by atoms with Gasteiger partial charge in [0.15, 0.2) is 0 Å². The van der Waals surface area contributed by atoms with Crippen LogP contribution in [0, 0.1) is 12.7 Å². The van der Waals surface area contributed by atoms with Crippen LogP contribution in [0.5, 0.6) is 0 Å². The van der Waals surface area contributed by atoms with Crippen molar-refractivity contribution >= 4 is 11.6 Å². The van der Waals surface area contributed by atoms with E-state index in [2.05, 4.69) is 10.2 Å². The fourth-order valence-corrected chi connectivity index (χ4v) is 2.71. The predicted molar refractivity (Wildman–Crippen MR) is 77.7 cm³/mol. The maximum absolute atomic E-state index is 13.9. The lowest BCUT2D eigenvalue weighted by atomic mass is 10.2. The molecule has 1 aromatic carbocycles. The Bertz CT molecular complexity index is 688. The van der Waals surface area contributed by atoms with Crippen LogP contribution in [-0.4, -0.2) is 40.6 Å². The molecule has 116 valence electrons. The standard InChI is InChI=1S/C15H17FN4O2/c1-10-17-18-14(22-10)9-19(2)13-7-8-20(15(13)21)12-6-4-3-5-11(12)16/h3-6,13H,7-9H2,1-2H3. The molecule has 22 heavy (non-hydrogen) atoms. The first-order chi connectivity index (χ1) is 10.6. The van der Waals surface area contributed by atoms with Crippen molar-refractivity contribution in [3.05, 3.63) is 41.9 Å². The number of carbonyl (C=O) groups excluding carboxylic acids is 1. The van der Waals surface area contributed by atoms with Gasteiger partial charge in [-0.15, -0.1) is 10.2 Å². The maximum atomic E-state index is 13.9. The molecule has 0 bridgehead atoms. The van der Waals surface area contributed by atoms with Crippen LogP contribution in [0.1, 0.15) is 18.2 Å². The predicted octanol–water partition coefficient (Wildman–Crippen LogP) is 1.75. The van der Waals surface area contributed by atoms with Crippen LogP contribution in [0.15, 0.2) is 28.7 Å². The molecule has 3 rings (SSSR count). The molecular formula is C15H17FN4O2. The van der Waals surface area contributed by atoms with E-state index in [4.69, 9.17) is 4.42 Å². The molecule has 1 aliphatic rings. The molecule has 2 heterocycles. The highest BCUT2D eigenvalue weighted by atomic mass is 19.1. The van der Waals surface area contributed by atoms with E-state index in [9.17, 15) is 9.18 Å². The molecule has 7 heteroatoms. The number of para-hydroxylation sites is 1. The molecule has 2 aromatic rings. The molecule has 0 radical (unpaired) electrons. The molecule has 1 atom stereocenters. The van der Waals surface area contributed by atoms with Crippen molar-refractivity contribution in [3.63, 3.8) is 0 Å². The lowest BCUT2D eigenvalue weighted by Gasteiger charge is -2.22. The monoisotopic (exact) mass is 304 g/mol. The summed E-state index contributed by atoms with van der Waals surface area (Å²) in [5, 5.41) is 7.70. The third kappa shape index (κ3) is 2.71. The van der Waals surface area contributed by atoms with Crippen molar-refractivity contribution in [1.82, 2.24) is 15.1 Å². The summed E-state index contributed by atoms with van der Waals surface area (Å²) < 4.78 is 19.2. The lowest BCUT2D eigenvalue weighted by molar-refractivity contribution is -0.121. The van der Waals surface area contributed by atoms with Crippen molar-refractivity contribution in [1.29, 1.82) is 0 Å². The summed E-state index contributed by atoms with van der Waals surface area (Å²) in [7, 11) is 1.83. The Hall–Kier alpha value is -2.28. The first kappa shape index (κ1) is 14.6. The van der Waals surface area contributed by atoms with Crippen LogP contribution >= 0.6 is 0 Å². The van der Waals surface area contributed by atoms with Crippen molar-refractivity contribution in [2.24, 2.45) is 0 Å². The zero-order chi connectivity index (χ0) is 15.7. The summed E-state index contributed by atoms with van der Waals surface area (Å²) in [5.74, 6) is 0.474. The Morgan fingerprint density at radius 3 is 2.86 bits per heavy atom. The van der Waals surface area contributed by atoms with Crippen LogP contribution in [0.3, 0.4) is 0 Å². The molecule has 1 aromatic heterocycles. The minimum atomic E-state index is -0.383. The average Bonchev–Trinajstić information content (AvgIpc) is 3.06. The summed E-state index contributed by atoms with van der Waals surface area (Å²) in [5.41, 5.74) is 0.331. The molecule has 1 aliphatic heterocycles. The molecule has 0 aliphatic carbocycles. The number of hydrogen-bond acceptors (Lipinski definition) is 5. The van der Waals surface area contributed by atoms with Crippen molar-refractivity contribution < 1.29 is 13.6 Å². The molecule has 1 amide bonds. The van der Waals surface area contributed by atoms with E-state index >= 15 is 0 Å². The van der Waals surface area contributed by atoms with Gasteiger partial charge in [-0.2, -0.15) is 0 Å². The van der Waals surface area contributed by atoms with Gasteiger partial charge in [0.2, 0.25) is 17.7 Å². The minimum absolute atomic E-state index is 0.108. The van der Waals surface area contributed by atoms with Gasteiger partial charge in [-0.25, -0.2) is 4.39 Å². The van der Waals surface area contributed by atoms with E-state index in [-0.39, 0.29) is 17.8 Å². The highest BCUT2D eigenvalue weighted by Gasteiger charge is 2.36.